The number of rotatable bonds is 4. The highest BCUT2D eigenvalue weighted by atomic mass is 16.5. The molecule has 1 heterocycles. The van der Waals surface area contributed by atoms with Gasteiger partial charge in [0.15, 0.2) is 5.82 Å². The molecule has 3 rings (SSSR count). The van der Waals surface area contributed by atoms with Gasteiger partial charge in [0.2, 0.25) is 11.8 Å². The van der Waals surface area contributed by atoms with E-state index in [1.54, 1.807) is 6.92 Å². The van der Waals surface area contributed by atoms with Gasteiger partial charge in [-0.3, -0.25) is 4.79 Å². The topological polar surface area (TPSA) is 68.0 Å². The number of carbonyl (C=O) groups is 1. The minimum Gasteiger partial charge on any atom is -0.343 e. The van der Waals surface area contributed by atoms with Crippen LogP contribution in [0.25, 0.3) is 0 Å². The summed E-state index contributed by atoms with van der Waals surface area (Å²) >= 11 is 0. The van der Waals surface area contributed by atoms with Gasteiger partial charge in [0, 0.05) is 6.92 Å². The van der Waals surface area contributed by atoms with Crippen LogP contribution in [0.5, 0.6) is 0 Å². The van der Waals surface area contributed by atoms with Crippen LogP contribution in [0.1, 0.15) is 71.5 Å². The number of aromatic nitrogens is 2. The zero-order valence-electron chi connectivity index (χ0n) is 15.5. The first-order valence-electron chi connectivity index (χ1n) is 9.04. The lowest BCUT2D eigenvalue weighted by molar-refractivity contribution is -0.125. The number of hydrogen-bond acceptors (Lipinski definition) is 4. The minimum atomic E-state index is -0.457. The molecule has 0 radical (unpaired) electrons. The summed E-state index contributed by atoms with van der Waals surface area (Å²) in [7, 11) is 0. The first-order chi connectivity index (χ1) is 11.3. The summed E-state index contributed by atoms with van der Waals surface area (Å²) in [6, 6.07) is 0. The van der Waals surface area contributed by atoms with Crippen molar-refractivity contribution in [1.82, 2.24) is 15.5 Å². The monoisotopic (exact) mass is 331 g/mol. The second-order valence-electron chi connectivity index (χ2n) is 8.34. The summed E-state index contributed by atoms with van der Waals surface area (Å²) in [5.41, 5.74) is 0.829. The first kappa shape index (κ1) is 17.2. The largest absolute Gasteiger partial charge is 0.343 e. The summed E-state index contributed by atoms with van der Waals surface area (Å²) < 4.78 is 5.19. The molecule has 2 saturated carbocycles. The lowest BCUT2D eigenvalue weighted by Gasteiger charge is -2.35. The second kappa shape index (κ2) is 6.01. The maximum atomic E-state index is 13.0. The molecule has 2 aliphatic rings. The minimum absolute atomic E-state index is 0.0182. The number of nitrogens with one attached hydrogen (secondary N) is 1. The fraction of sp³-hybridized carbons (Fsp3) is 0.737. The van der Waals surface area contributed by atoms with Gasteiger partial charge in [-0.25, -0.2) is 0 Å². The smallest absolute Gasteiger partial charge is 0.225 e. The highest BCUT2D eigenvalue weighted by Crippen LogP contribution is 2.59. The third-order valence-electron chi connectivity index (χ3n) is 5.73. The van der Waals surface area contributed by atoms with E-state index in [0.29, 0.717) is 17.6 Å². The number of carbonyl (C=O) groups excluding carboxylic acids is 1. The SMILES string of the molecule is CC(C)=C[C@@H]1[C@H](C(=O)NC2(c3noc(C)n3)CCCCC2)C1(C)C. The van der Waals surface area contributed by atoms with Crippen molar-refractivity contribution in [3.8, 4) is 0 Å². The Morgan fingerprint density at radius 1 is 1.25 bits per heavy atom. The van der Waals surface area contributed by atoms with Crippen LogP contribution < -0.4 is 5.32 Å². The Hall–Kier alpha value is -1.65. The third-order valence-corrected chi connectivity index (χ3v) is 5.73. The molecule has 1 aromatic heterocycles. The number of hydrogen-bond donors (Lipinski definition) is 1. The third kappa shape index (κ3) is 3.01. The average molecular weight is 331 g/mol. The van der Waals surface area contributed by atoms with Crippen molar-refractivity contribution < 1.29 is 9.32 Å². The molecule has 0 aliphatic heterocycles. The Kier molecular flexibility index (Phi) is 4.30. The summed E-state index contributed by atoms with van der Waals surface area (Å²) in [4.78, 5) is 17.5. The molecule has 2 aliphatic carbocycles. The van der Waals surface area contributed by atoms with E-state index >= 15 is 0 Å². The number of aryl methyl sites for hydroxylation is 1. The fourth-order valence-corrected chi connectivity index (χ4v) is 4.22. The van der Waals surface area contributed by atoms with E-state index in [9.17, 15) is 4.79 Å². The summed E-state index contributed by atoms with van der Waals surface area (Å²) in [5, 5.41) is 7.47. The van der Waals surface area contributed by atoms with Crippen LogP contribution in [-0.2, 0) is 10.3 Å². The molecular formula is C19H29N3O2. The highest BCUT2D eigenvalue weighted by Gasteiger charge is 2.61. The Bertz CT molecular complexity index is 649. The van der Waals surface area contributed by atoms with Gasteiger partial charge in [-0.1, -0.05) is 49.9 Å². The Morgan fingerprint density at radius 2 is 1.92 bits per heavy atom. The maximum Gasteiger partial charge on any atom is 0.225 e. The van der Waals surface area contributed by atoms with E-state index in [1.165, 1.54) is 12.0 Å². The number of allylic oxidation sites excluding steroid dienone is 2. The van der Waals surface area contributed by atoms with Gasteiger partial charge in [-0.2, -0.15) is 4.98 Å². The molecule has 1 aromatic rings. The Morgan fingerprint density at radius 3 is 2.46 bits per heavy atom. The van der Waals surface area contributed by atoms with Gasteiger partial charge in [0.1, 0.15) is 5.54 Å². The van der Waals surface area contributed by atoms with Crippen LogP contribution in [0, 0.1) is 24.2 Å². The zero-order valence-corrected chi connectivity index (χ0v) is 15.5. The fourth-order valence-electron chi connectivity index (χ4n) is 4.22. The molecule has 0 bridgehead atoms. The van der Waals surface area contributed by atoms with Crippen LogP contribution in [0.15, 0.2) is 16.2 Å². The molecule has 1 amide bonds. The predicted octanol–water partition coefficient (Wildman–Crippen LogP) is 3.89. The van der Waals surface area contributed by atoms with E-state index in [2.05, 4.69) is 49.2 Å². The molecule has 0 unspecified atom stereocenters. The molecule has 0 saturated heterocycles. The van der Waals surface area contributed by atoms with E-state index in [4.69, 9.17) is 4.52 Å². The van der Waals surface area contributed by atoms with E-state index in [0.717, 1.165) is 25.7 Å². The molecule has 1 N–H and O–H groups in total. The van der Waals surface area contributed by atoms with E-state index < -0.39 is 5.54 Å². The molecule has 24 heavy (non-hydrogen) atoms. The molecule has 5 nitrogen and oxygen atoms in total. The van der Waals surface area contributed by atoms with Gasteiger partial charge in [-0.05, 0) is 38.0 Å². The van der Waals surface area contributed by atoms with Crippen LogP contribution in [0.3, 0.4) is 0 Å². The van der Waals surface area contributed by atoms with Gasteiger partial charge in [0.25, 0.3) is 0 Å². The maximum absolute atomic E-state index is 13.0. The van der Waals surface area contributed by atoms with Crippen molar-refractivity contribution in [2.45, 2.75) is 72.3 Å². The first-order valence-corrected chi connectivity index (χ1v) is 9.04. The predicted molar refractivity (Wildman–Crippen MR) is 92.1 cm³/mol. The van der Waals surface area contributed by atoms with Crippen molar-refractivity contribution in [3.63, 3.8) is 0 Å². The van der Waals surface area contributed by atoms with Crippen molar-refractivity contribution >= 4 is 5.91 Å². The Labute approximate surface area is 144 Å². The lowest BCUT2D eigenvalue weighted by atomic mass is 9.80. The second-order valence-corrected chi connectivity index (χ2v) is 8.34. The lowest BCUT2D eigenvalue weighted by Crippen LogP contribution is -2.49. The molecule has 0 spiro atoms. The van der Waals surface area contributed by atoms with Gasteiger partial charge < -0.3 is 9.84 Å². The molecular weight excluding hydrogens is 302 g/mol. The van der Waals surface area contributed by atoms with E-state index in [-0.39, 0.29) is 17.2 Å². The van der Waals surface area contributed by atoms with E-state index in [1.807, 2.05) is 0 Å². The van der Waals surface area contributed by atoms with Crippen LogP contribution in [-0.4, -0.2) is 16.0 Å². The van der Waals surface area contributed by atoms with Gasteiger partial charge in [0.05, 0.1) is 5.92 Å². The van der Waals surface area contributed by atoms with Crippen LogP contribution in [0.2, 0.25) is 0 Å². The van der Waals surface area contributed by atoms with Gasteiger partial charge >= 0.3 is 0 Å². The number of nitrogens with zero attached hydrogens (tertiary/aromatic N) is 2. The molecule has 2 atom stereocenters. The van der Waals surface area contributed by atoms with Crippen LogP contribution in [0.4, 0.5) is 0 Å². The van der Waals surface area contributed by atoms with Crippen molar-refractivity contribution in [3.05, 3.63) is 23.4 Å². The van der Waals surface area contributed by atoms with Crippen LogP contribution >= 0.6 is 0 Å². The highest BCUT2D eigenvalue weighted by molar-refractivity contribution is 5.84. The molecule has 0 aromatic carbocycles. The summed E-state index contributed by atoms with van der Waals surface area (Å²) in [5.74, 6) is 1.67. The summed E-state index contributed by atoms with van der Waals surface area (Å²) in [6.07, 6.45) is 7.37. The molecule has 2 fully saturated rings. The van der Waals surface area contributed by atoms with Crippen molar-refractivity contribution in [2.24, 2.45) is 17.3 Å². The molecule has 5 heteroatoms. The quantitative estimate of drug-likeness (QED) is 0.850. The standard InChI is InChI=1S/C19H29N3O2/c1-12(2)11-14-15(18(14,4)5)16(23)21-19(9-7-6-8-10-19)17-20-13(3)24-22-17/h11,14-15H,6-10H2,1-5H3,(H,21,23)/t14-,15-/m1/s1. The van der Waals surface area contributed by atoms with Gasteiger partial charge in [-0.15, -0.1) is 0 Å². The summed E-state index contributed by atoms with van der Waals surface area (Å²) in [6.45, 7) is 10.3. The number of amides is 1. The van der Waals surface area contributed by atoms with Crippen molar-refractivity contribution in [2.75, 3.05) is 0 Å². The van der Waals surface area contributed by atoms with Crippen molar-refractivity contribution in [1.29, 1.82) is 0 Å². The zero-order chi connectivity index (χ0) is 17.5. The Balaban J connectivity index is 1.81. The average Bonchev–Trinajstić information content (AvgIpc) is 2.83. The molecule has 132 valence electrons. The normalized spacial score (nSPS) is 27.4.